The Balaban J connectivity index is 0.000000391. The Bertz CT molecular complexity index is 1450. The number of carbonyl (C=O) groups excluding carboxylic acids is 2. The molecule has 2 aliphatic heterocycles. The third-order valence-corrected chi connectivity index (χ3v) is 9.16. The van der Waals surface area contributed by atoms with Crippen LogP contribution in [0.3, 0.4) is 0 Å². The lowest BCUT2D eigenvalue weighted by Gasteiger charge is -2.32. The molecule has 18 heteroatoms. The average molecular weight is 757 g/mol. The maximum atomic E-state index is 12.4. The van der Waals surface area contributed by atoms with Crippen LogP contribution in [0.25, 0.3) is 0 Å². The first-order valence-electron chi connectivity index (χ1n) is 15.2. The van der Waals surface area contributed by atoms with Gasteiger partial charge in [-0.05, 0) is 124 Å². The third kappa shape index (κ3) is 18.3. The molecule has 0 atom stereocenters. The summed E-state index contributed by atoms with van der Waals surface area (Å²) in [7, 11) is -3.95. The highest BCUT2D eigenvalue weighted by Gasteiger charge is 2.23. The van der Waals surface area contributed by atoms with Crippen LogP contribution in [-0.4, -0.2) is 86.4 Å². The number of likely N-dealkylation sites (tertiary alicyclic amines) is 1. The van der Waals surface area contributed by atoms with Crippen LogP contribution in [0.5, 0.6) is 11.5 Å². The number of nitrogens with one attached hydrogen (secondary N) is 3. The molecule has 14 nitrogen and oxygen atoms in total. The Morgan fingerprint density at radius 1 is 0.771 bits per heavy atom. The highest BCUT2D eigenvalue weighted by Crippen LogP contribution is 2.22. The van der Waals surface area contributed by atoms with Gasteiger partial charge in [0.05, 0.1) is 26.6 Å². The zero-order valence-corrected chi connectivity index (χ0v) is 30.6. The van der Waals surface area contributed by atoms with Gasteiger partial charge in [-0.3, -0.25) is 9.59 Å². The lowest BCUT2D eigenvalue weighted by Crippen LogP contribution is -2.39. The van der Waals surface area contributed by atoms with Crippen molar-refractivity contribution in [2.45, 2.75) is 38.5 Å². The predicted molar refractivity (Wildman–Crippen MR) is 185 cm³/mol. The number of carbonyl (C=O) groups is 2. The molecule has 2 aliphatic rings. The highest BCUT2D eigenvalue weighted by molar-refractivity contribution is 7.87. The van der Waals surface area contributed by atoms with Crippen molar-refractivity contribution in [3.8, 4) is 11.5 Å². The molecular weight excluding hydrogens is 707 g/mol. The fraction of sp³-hybridized carbons (Fsp3) is 0.533. The summed E-state index contributed by atoms with van der Waals surface area (Å²) in [4.78, 5) is 24.8. The SMILES string of the molecule is COc1ccc(C(=O)Cl)cc1.COc1ccc(C(=O)N2CCC(CCNS(N)(=O)=O)CC2)cc1.NS(=O)(=O)NCCC1CCNCC1.[ClH2+]. The number of amides is 1. The van der Waals surface area contributed by atoms with E-state index in [0.717, 1.165) is 57.4 Å². The number of nitrogens with two attached hydrogens (primary N) is 2. The van der Waals surface area contributed by atoms with Crippen molar-refractivity contribution in [1.82, 2.24) is 19.7 Å². The molecule has 1 amide bonds. The molecule has 0 saturated carbocycles. The van der Waals surface area contributed by atoms with Crippen molar-refractivity contribution in [2.75, 3.05) is 53.5 Å². The van der Waals surface area contributed by atoms with Crippen LogP contribution < -0.4 is 34.5 Å². The Morgan fingerprint density at radius 3 is 1.54 bits per heavy atom. The van der Waals surface area contributed by atoms with Gasteiger partial charge in [-0.15, -0.1) is 0 Å². The van der Waals surface area contributed by atoms with Crippen molar-refractivity contribution in [1.29, 1.82) is 0 Å². The van der Waals surface area contributed by atoms with Gasteiger partial charge in [0.1, 0.15) is 11.5 Å². The van der Waals surface area contributed by atoms with Crippen LogP contribution in [0.2, 0.25) is 0 Å². The third-order valence-electron chi connectivity index (χ3n) is 7.73. The van der Waals surface area contributed by atoms with Crippen LogP contribution in [0, 0.1) is 24.2 Å². The molecule has 2 fully saturated rings. The predicted octanol–water partition coefficient (Wildman–Crippen LogP) is 1.44. The van der Waals surface area contributed by atoms with E-state index in [1.807, 2.05) is 4.90 Å². The van der Waals surface area contributed by atoms with Crippen LogP contribution in [-0.2, 0) is 20.4 Å². The number of hydrogen-bond acceptors (Lipinski definition) is 9. The number of benzene rings is 2. The normalized spacial score (nSPS) is 15.5. The summed E-state index contributed by atoms with van der Waals surface area (Å²) >= 11 is 5.22. The fourth-order valence-corrected chi connectivity index (χ4v) is 5.97. The van der Waals surface area contributed by atoms with E-state index in [1.54, 1.807) is 62.8 Å². The molecule has 0 bridgehead atoms. The molecule has 2 saturated heterocycles. The van der Waals surface area contributed by atoms with Crippen LogP contribution in [0.4, 0.5) is 0 Å². The second-order valence-corrected chi connectivity index (χ2v) is 14.2. The summed E-state index contributed by atoms with van der Waals surface area (Å²) in [5.41, 5.74) is 1.13. The maximum Gasteiger partial charge on any atom is 0.274 e. The molecule has 0 aliphatic carbocycles. The Hall–Kier alpha value is -2.54. The molecule has 272 valence electrons. The highest BCUT2D eigenvalue weighted by atomic mass is 35.5. The standard InChI is InChI=1S/C15H23N3O4S.C8H7ClO2.C7H17N3O2S.ClH2/c1-22-14-4-2-13(3-5-14)15(19)18-10-7-12(8-11-18)6-9-17-23(16,20)21;1-11-7-4-2-6(3-5-7)8(9)10;8-13(11,12)10-6-3-7-1-4-9-5-2-7;/h2-5,12,17H,6-11H2,1H3,(H2,16,20,21);2-5H,1H3;7,9-10H,1-6H2,(H2,8,11,12);1H2/q;;;+1. The number of ether oxygens (including phenoxy) is 2. The van der Waals surface area contributed by atoms with E-state index in [-0.39, 0.29) is 18.3 Å². The first-order chi connectivity index (χ1) is 22.2. The van der Waals surface area contributed by atoms with Crippen LogP contribution in [0.1, 0.15) is 59.2 Å². The minimum absolute atomic E-state index is 0. The monoisotopic (exact) mass is 755 g/mol. The Labute approximate surface area is 295 Å². The Morgan fingerprint density at radius 2 is 1.17 bits per heavy atom. The average Bonchev–Trinajstić information content (AvgIpc) is 3.05. The summed E-state index contributed by atoms with van der Waals surface area (Å²) in [6.45, 7) is 4.26. The molecule has 0 aromatic heterocycles. The molecule has 7 N–H and O–H groups in total. The summed E-state index contributed by atoms with van der Waals surface area (Å²) in [6, 6.07) is 13.7. The van der Waals surface area contributed by atoms with Gasteiger partial charge in [-0.2, -0.15) is 16.8 Å². The van der Waals surface area contributed by atoms with Crippen LogP contribution in [0.15, 0.2) is 48.5 Å². The van der Waals surface area contributed by atoms with E-state index in [1.165, 1.54) is 0 Å². The second kappa shape index (κ2) is 22.2. The molecule has 2 heterocycles. The quantitative estimate of drug-likeness (QED) is 0.198. The van der Waals surface area contributed by atoms with Gasteiger partial charge < -0.3 is 19.7 Å². The van der Waals surface area contributed by atoms with Gasteiger partial charge in [0.15, 0.2) is 0 Å². The molecule has 0 unspecified atom stereocenters. The summed E-state index contributed by atoms with van der Waals surface area (Å²) in [5, 5.41) is 12.5. The number of rotatable bonds is 12. The zero-order valence-electron chi connectivity index (χ0n) is 27.3. The summed E-state index contributed by atoms with van der Waals surface area (Å²) in [6.07, 6.45) is 5.63. The van der Waals surface area contributed by atoms with E-state index in [4.69, 9.17) is 31.4 Å². The lowest BCUT2D eigenvalue weighted by atomic mass is 9.93. The number of piperidine rings is 2. The molecule has 0 spiro atoms. The Kier molecular flexibility index (Phi) is 20.1. The van der Waals surface area contributed by atoms with E-state index in [0.29, 0.717) is 54.9 Å². The smallest absolute Gasteiger partial charge is 0.274 e. The summed E-state index contributed by atoms with van der Waals surface area (Å²) < 4.78 is 57.3. The zero-order chi connectivity index (χ0) is 34.9. The van der Waals surface area contributed by atoms with Gasteiger partial charge in [0.25, 0.3) is 31.6 Å². The van der Waals surface area contributed by atoms with Gasteiger partial charge in [-0.25, -0.2) is 19.7 Å². The topological polar surface area (TPSA) is 212 Å². The fourth-order valence-electron chi connectivity index (χ4n) is 5.04. The number of nitrogens with zero attached hydrogens (tertiary/aromatic N) is 1. The molecule has 2 aromatic rings. The number of halogens is 2. The minimum atomic E-state index is -3.62. The van der Waals surface area contributed by atoms with Gasteiger partial charge in [0.2, 0.25) is 0 Å². The van der Waals surface area contributed by atoms with E-state index in [2.05, 4.69) is 14.8 Å². The molecule has 0 radical (unpaired) electrons. The van der Waals surface area contributed by atoms with Crippen LogP contribution >= 0.6 is 11.6 Å². The van der Waals surface area contributed by atoms with Gasteiger partial charge in [-0.1, -0.05) is 0 Å². The van der Waals surface area contributed by atoms with Crippen molar-refractivity contribution >= 4 is 43.2 Å². The molecule has 48 heavy (non-hydrogen) atoms. The largest absolute Gasteiger partial charge is 0.497 e. The van der Waals surface area contributed by atoms with E-state index >= 15 is 0 Å². The van der Waals surface area contributed by atoms with Crippen molar-refractivity contribution in [3.63, 3.8) is 0 Å². The lowest BCUT2D eigenvalue weighted by molar-refractivity contribution is -0.0000333. The maximum absolute atomic E-state index is 12.4. The second-order valence-electron chi connectivity index (χ2n) is 11.1. The van der Waals surface area contributed by atoms with Gasteiger partial charge >= 0.3 is 0 Å². The molecule has 4 rings (SSSR count). The minimum Gasteiger partial charge on any atom is -0.497 e. The first-order valence-corrected chi connectivity index (χ1v) is 18.7. The first kappa shape index (κ1) is 43.5. The van der Waals surface area contributed by atoms with Crippen molar-refractivity contribution in [2.24, 2.45) is 22.1 Å². The van der Waals surface area contributed by atoms with E-state index < -0.39 is 25.7 Å². The number of methoxy groups -OCH3 is 2. The number of hydrogen-bond donors (Lipinski definition) is 5. The van der Waals surface area contributed by atoms with E-state index in [9.17, 15) is 26.4 Å². The van der Waals surface area contributed by atoms with Crippen molar-refractivity contribution in [3.05, 3.63) is 59.7 Å². The molecular formula is C30H49Cl2N6O8S2+. The van der Waals surface area contributed by atoms with Gasteiger partial charge in [0, 0.05) is 37.3 Å². The van der Waals surface area contributed by atoms with Crippen molar-refractivity contribution < 1.29 is 48.3 Å². The summed E-state index contributed by atoms with van der Waals surface area (Å²) in [5.74, 6) is 2.50. The molecule has 2 aromatic carbocycles.